The fourth-order valence-corrected chi connectivity index (χ4v) is 4.92. The van der Waals surface area contributed by atoms with E-state index in [1.165, 1.54) is 32.4 Å². The van der Waals surface area contributed by atoms with E-state index in [1.807, 2.05) is 6.92 Å². The van der Waals surface area contributed by atoms with E-state index < -0.39 is 0 Å². The Morgan fingerprint density at radius 3 is 2.52 bits per heavy atom. The molecule has 3 heterocycles. The van der Waals surface area contributed by atoms with Crippen LogP contribution in [-0.4, -0.2) is 84.5 Å². The molecular weight excluding hydrogens is 342 g/mol. The Labute approximate surface area is 164 Å². The topological polar surface area (TPSA) is 53.1 Å². The Kier molecular flexibility index (Phi) is 7.94. The summed E-state index contributed by atoms with van der Waals surface area (Å²) >= 11 is 0. The Morgan fingerprint density at radius 2 is 1.74 bits per heavy atom. The van der Waals surface area contributed by atoms with Gasteiger partial charge in [-0.05, 0) is 65.1 Å². The van der Waals surface area contributed by atoms with Crippen molar-refractivity contribution in [3.8, 4) is 0 Å². The van der Waals surface area contributed by atoms with Gasteiger partial charge in [-0.3, -0.25) is 14.5 Å². The second-order valence-corrected chi connectivity index (χ2v) is 8.27. The highest BCUT2D eigenvalue weighted by Crippen LogP contribution is 2.26. The minimum Gasteiger partial charge on any atom is -0.465 e. The average molecular weight is 380 g/mol. The number of piperidine rings is 2. The largest absolute Gasteiger partial charge is 0.465 e. The summed E-state index contributed by atoms with van der Waals surface area (Å²) in [6.45, 7) is 8.31. The first-order valence-corrected chi connectivity index (χ1v) is 11.1. The summed E-state index contributed by atoms with van der Waals surface area (Å²) in [5.41, 5.74) is 0. The maximum absolute atomic E-state index is 12.6. The third-order valence-corrected chi connectivity index (χ3v) is 6.48. The molecule has 0 saturated carbocycles. The normalized spacial score (nSPS) is 28.8. The molecule has 154 valence electrons. The van der Waals surface area contributed by atoms with E-state index in [0.29, 0.717) is 25.0 Å². The molecule has 3 rings (SSSR count). The number of carbonyl (C=O) groups is 2. The standard InChI is InChI=1S/C21H37N3O3/c1-2-27-21(26)19-8-4-7-14-24(19)18-9-10-20(25)23(15-11-18)17-16-22-12-5-3-6-13-22/h18-19H,2-17H2,1H3. The summed E-state index contributed by atoms with van der Waals surface area (Å²) in [6, 6.07) is 0.211. The molecule has 0 bridgehead atoms. The molecule has 2 atom stereocenters. The van der Waals surface area contributed by atoms with Crippen molar-refractivity contribution in [3.05, 3.63) is 0 Å². The molecule has 0 aromatic heterocycles. The van der Waals surface area contributed by atoms with Crippen LogP contribution < -0.4 is 0 Å². The van der Waals surface area contributed by atoms with Crippen molar-refractivity contribution in [2.75, 3.05) is 45.9 Å². The molecule has 0 aromatic carbocycles. The van der Waals surface area contributed by atoms with Gasteiger partial charge in [0.25, 0.3) is 0 Å². The predicted octanol–water partition coefficient (Wildman–Crippen LogP) is 2.27. The van der Waals surface area contributed by atoms with Crippen molar-refractivity contribution < 1.29 is 14.3 Å². The zero-order chi connectivity index (χ0) is 19.1. The van der Waals surface area contributed by atoms with Gasteiger partial charge in [0.05, 0.1) is 6.61 Å². The Morgan fingerprint density at radius 1 is 0.963 bits per heavy atom. The number of carbonyl (C=O) groups excluding carboxylic acids is 2. The quantitative estimate of drug-likeness (QED) is 0.663. The van der Waals surface area contributed by atoms with Crippen LogP contribution in [0.5, 0.6) is 0 Å². The summed E-state index contributed by atoms with van der Waals surface area (Å²) in [5.74, 6) is 0.217. The molecule has 3 fully saturated rings. The van der Waals surface area contributed by atoms with Gasteiger partial charge in [-0.15, -0.1) is 0 Å². The highest BCUT2D eigenvalue weighted by molar-refractivity contribution is 5.77. The Hall–Kier alpha value is -1.14. The molecule has 3 saturated heterocycles. The molecule has 6 nitrogen and oxygen atoms in total. The molecule has 0 N–H and O–H groups in total. The molecule has 0 aliphatic carbocycles. The van der Waals surface area contributed by atoms with E-state index in [9.17, 15) is 9.59 Å². The van der Waals surface area contributed by atoms with Crippen molar-refractivity contribution in [3.63, 3.8) is 0 Å². The minimum atomic E-state index is -0.112. The van der Waals surface area contributed by atoms with Gasteiger partial charge < -0.3 is 14.5 Å². The smallest absolute Gasteiger partial charge is 0.323 e. The maximum Gasteiger partial charge on any atom is 0.323 e. The van der Waals surface area contributed by atoms with Gasteiger partial charge in [-0.2, -0.15) is 0 Å². The number of hydrogen-bond acceptors (Lipinski definition) is 5. The second kappa shape index (κ2) is 10.4. The zero-order valence-corrected chi connectivity index (χ0v) is 17.0. The summed E-state index contributed by atoms with van der Waals surface area (Å²) in [7, 11) is 0. The van der Waals surface area contributed by atoms with Gasteiger partial charge in [0, 0.05) is 32.1 Å². The van der Waals surface area contributed by atoms with Gasteiger partial charge in [0.15, 0.2) is 0 Å². The van der Waals surface area contributed by atoms with E-state index in [1.54, 1.807) is 0 Å². The SMILES string of the molecule is CCOC(=O)C1CCCCN1C1CCC(=O)N(CCN2CCCCC2)CC1. The molecule has 27 heavy (non-hydrogen) atoms. The molecule has 3 aliphatic heterocycles. The van der Waals surface area contributed by atoms with E-state index in [4.69, 9.17) is 4.74 Å². The molecule has 0 radical (unpaired) electrons. The molecule has 2 unspecified atom stereocenters. The van der Waals surface area contributed by atoms with Gasteiger partial charge >= 0.3 is 5.97 Å². The van der Waals surface area contributed by atoms with Gasteiger partial charge in [0.2, 0.25) is 5.91 Å². The highest BCUT2D eigenvalue weighted by Gasteiger charge is 2.36. The minimum absolute atomic E-state index is 0.0743. The van der Waals surface area contributed by atoms with Crippen molar-refractivity contribution >= 4 is 11.9 Å². The number of likely N-dealkylation sites (tertiary alicyclic amines) is 3. The molecule has 0 aromatic rings. The van der Waals surface area contributed by atoms with Gasteiger partial charge in [-0.1, -0.05) is 12.8 Å². The van der Waals surface area contributed by atoms with Crippen LogP contribution in [0, 0.1) is 0 Å². The number of nitrogens with zero attached hydrogens (tertiary/aromatic N) is 3. The molecule has 3 aliphatic rings. The van der Waals surface area contributed by atoms with E-state index in [2.05, 4.69) is 14.7 Å². The monoisotopic (exact) mass is 379 g/mol. The fraction of sp³-hybridized carbons (Fsp3) is 0.905. The van der Waals surface area contributed by atoms with Gasteiger partial charge in [-0.25, -0.2) is 0 Å². The Bertz CT molecular complexity index is 493. The van der Waals surface area contributed by atoms with Crippen molar-refractivity contribution in [2.45, 2.75) is 76.8 Å². The van der Waals surface area contributed by atoms with Crippen molar-refractivity contribution in [2.24, 2.45) is 0 Å². The maximum atomic E-state index is 12.6. The molecular formula is C21H37N3O3. The van der Waals surface area contributed by atoms with Crippen LogP contribution in [-0.2, 0) is 14.3 Å². The second-order valence-electron chi connectivity index (χ2n) is 8.27. The lowest BCUT2D eigenvalue weighted by Crippen LogP contribution is -2.51. The summed E-state index contributed by atoms with van der Waals surface area (Å²) in [5, 5.41) is 0. The van der Waals surface area contributed by atoms with Crippen LogP contribution in [0.25, 0.3) is 0 Å². The number of esters is 1. The van der Waals surface area contributed by atoms with Gasteiger partial charge in [0.1, 0.15) is 6.04 Å². The number of amides is 1. The van der Waals surface area contributed by atoms with Crippen molar-refractivity contribution in [1.82, 2.24) is 14.7 Å². The van der Waals surface area contributed by atoms with Crippen LogP contribution in [0.15, 0.2) is 0 Å². The zero-order valence-electron chi connectivity index (χ0n) is 17.0. The Balaban J connectivity index is 1.53. The first-order valence-electron chi connectivity index (χ1n) is 11.1. The average Bonchev–Trinajstić information content (AvgIpc) is 2.89. The lowest BCUT2D eigenvalue weighted by Gasteiger charge is -2.39. The summed E-state index contributed by atoms with van der Waals surface area (Å²) in [4.78, 5) is 31.9. The summed E-state index contributed by atoms with van der Waals surface area (Å²) < 4.78 is 5.32. The molecule has 6 heteroatoms. The third kappa shape index (κ3) is 5.67. The van der Waals surface area contributed by atoms with E-state index in [-0.39, 0.29) is 12.0 Å². The first kappa shape index (κ1) is 20.6. The number of hydrogen-bond donors (Lipinski definition) is 0. The van der Waals surface area contributed by atoms with Crippen molar-refractivity contribution in [1.29, 1.82) is 0 Å². The fourth-order valence-electron chi connectivity index (χ4n) is 4.92. The summed E-state index contributed by atoms with van der Waals surface area (Å²) in [6.07, 6.45) is 9.50. The van der Waals surface area contributed by atoms with Crippen LogP contribution in [0.2, 0.25) is 0 Å². The van der Waals surface area contributed by atoms with Crippen LogP contribution >= 0.6 is 0 Å². The van der Waals surface area contributed by atoms with Crippen LogP contribution in [0.3, 0.4) is 0 Å². The van der Waals surface area contributed by atoms with Crippen LogP contribution in [0.1, 0.15) is 64.7 Å². The molecule has 0 spiro atoms. The number of ether oxygens (including phenoxy) is 1. The predicted molar refractivity (Wildman–Crippen MR) is 105 cm³/mol. The lowest BCUT2D eigenvalue weighted by atomic mass is 9.96. The van der Waals surface area contributed by atoms with E-state index in [0.717, 1.165) is 58.3 Å². The third-order valence-electron chi connectivity index (χ3n) is 6.48. The van der Waals surface area contributed by atoms with E-state index >= 15 is 0 Å². The highest BCUT2D eigenvalue weighted by atomic mass is 16.5. The molecule has 1 amide bonds. The lowest BCUT2D eigenvalue weighted by molar-refractivity contribution is -0.152. The number of rotatable bonds is 6. The van der Waals surface area contributed by atoms with Crippen LogP contribution in [0.4, 0.5) is 0 Å². The first-order chi connectivity index (χ1) is 13.2.